The van der Waals surface area contributed by atoms with E-state index in [9.17, 15) is 19.8 Å². The summed E-state index contributed by atoms with van der Waals surface area (Å²) in [5.41, 5.74) is 1.81. The third kappa shape index (κ3) is 4.68. The van der Waals surface area contributed by atoms with Crippen LogP contribution >= 0.6 is 11.3 Å². The Balaban J connectivity index is 1.72. The molecule has 0 aliphatic carbocycles. The fourth-order valence-electron chi connectivity index (χ4n) is 3.49. The number of aliphatic hydroxyl groups excluding tert-OH is 1. The van der Waals surface area contributed by atoms with E-state index < -0.39 is 18.0 Å². The smallest absolute Gasteiger partial charge is 0.347 e. The molecule has 0 saturated carbocycles. The largest absolute Gasteiger partial charge is 0.478 e. The summed E-state index contributed by atoms with van der Waals surface area (Å²) in [4.78, 5) is 37.9. The highest BCUT2D eigenvalue weighted by Gasteiger charge is 2.21. The lowest BCUT2D eigenvalue weighted by molar-refractivity contribution is 0.0688. The molecule has 1 fully saturated rings. The molecule has 3 heterocycles. The van der Waals surface area contributed by atoms with Crippen LogP contribution in [0, 0.1) is 6.92 Å². The van der Waals surface area contributed by atoms with Crippen LogP contribution in [0.3, 0.4) is 0 Å². The summed E-state index contributed by atoms with van der Waals surface area (Å²) in [5.74, 6) is -1.24. The third-order valence-electron chi connectivity index (χ3n) is 5.07. The maximum absolute atomic E-state index is 11.3. The molecule has 166 valence electrons. The average molecular weight is 455 g/mol. The second kappa shape index (κ2) is 8.89. The summed E-state index contributed by atoms with van der Waals surface area (Å²) in [6.07, 6.45) is 1.10. The summed E-state index contributed by atoms with van der Waals surface area (Å²) in [5, 5.41) is 31.8. The lowest BCUT2D eigenvalue weighted by atomic mass is 10.1. The van der Waals surface area contributed by atoms with Gasteiger partial charge in [0.25, 0.3) is 0 Å². The Morgan fingerprint density at radius 3 is 2.50 bits per heavy atom. The van der Waals surface area contributed by atoms with Crippen LogP contribution in [-0.4, -0.2) is 61.4 Å². The van der Waals surface area contributed by atoms with Crippen molar-refractivity contribution in [3.63, 3.8) is 0 Å². The normalized spacial score (nSPS) is 16.1. The van der Waals surface area contributed by atoms with Gasteiger partial charge in [0.15, 0.2) is 5.13 Å². The van der Waals surface area contributed by atoms with Gasteiger partial charge in [-0.05, 0) is 31.9 Å². The Morgan fingerprint density at radius 2 is 1.88 bits per heavy atom. The van der Waals surface area contributed by atoms with E-state index in [0.29, 0.717) is 34.4 Å². The molecular weight excluding hydrogens is 434 g/mol. The van der Waals surface area contributed by atoms with Gasteiger partial charge in [0.05, 0.1) is 23.1 Å². The highest BCUT2D eigenvalue weighted by Crippen LogP contribution is 2.29. The molecule has 3 aromatic rings. The number of aliphatic hydroxyl groups is 1. The first-order valence-corrected chi connectivity index (χ1v) is 10.8. The number of carboxylic acids is 2. The molecule has 0 amide bonds. The monoisotopic (exact) mass is 455 g/mol. The lowest BCUT2D eigenvalue weighted by Crippen LogP contribution is -2.38. The molecule has 0 unspecified atom stereocenters. The molecule has 1 atom stereocenters. The number of hydrogen-bond acceptors (Lipinski definition) is 9. The van der Waals surface area contributed by atoms with Crippen molar-refractivity contribution in [3.05, 3.63) is 46.5 Å². The summed E-state index contributed by atoms with van der Waals surface area (Å²) < 4.78 is 0. The molecule has 11 heteroatoms. The Bertz CT molecular complexity index is 1160. The number of thiazole rings is 1. The SMILES string of the molecule is Cc1nc(Nc2nc(-c3ccc(C(=O)O)cc3)cc(N3CCC[C@@H](O)C3)n2)sc1C(=O)O. The molecular formula is C21H21N5O5S. The van der Waals surface area contributed by atoms with Crippen molar-refractivity contribution >= 4 is 40.2 Å². The predicted molar refractivity (Wildman–Crippen MR) is 119 cm³/mol. The first-order chi connectivity index (χ1) is 15.3. The minimum absolute atomic E-state index is 0.132. The Kier molecular flexibility index (Phi) is 6.01. The van der Waals surface area contributed by atoms with Gasteiger partial charge in [0.1, 0.15) is 10.7 Å². The second-order valence-electron chi connectivity index (χ2n) is 7.42. The summed E-state index contributed by atoms with van der Waals surface area (Å²) >= 11 is 0.990. The van der Waals surface area contributed by atoms with Gasteiger partial charge in [0, 0.05) is 24.7 Å². The van der Waals surface area contributed by atoms with Crippen molar-refractivity contribution in [1.29, 1.82) is 0 Å². The van der Waals surface area contributed by atoms with Crippen LogP contribution in [-0.2, 0) is 0 Å². The van der Waals surface area contributed by atoms with E-state index in [-0.39, 0.29) is 16.4 Å². The van der Waals surface area contributed by atoms with Gasteiger partial charge >= 0.3 is 11.9 Å². The zero-order valence-electron chi connectivity index (χ0n) is 17.1. The number of hydrogen-bond donors (Lipinski definition) is 4. The number of aryl methyl sites for hydroxylation is 1. The van der Waals surface area contributed by atoms with Crippen LogP contribution in [0.25, 0.3) is 11.3 Å². The van der Waals surface area contributed by atoms with Crippen molar-refractivity contribution in [2.75, 3.05) is 23.3 Å². The van der Waals surface area contributed by atoms with Crippen molar-refractivity contribution in [1.82, 2.24) is 15.0 Å². The van der Waals surface area contributed by atoms with Crippen LogP contribution in [0.5, 0.6) is 0 Å². The van der Waals surface area contributed by atoms with Crippen LogP contribution in [0.4, 0.5) is 16.9 Å². The highest BCUT2D eigenvalue weighted by molar-refractivity contribution is 7.17. The standard InChI is InChI=1S/C21H21N5O5S/c1-11-17(19(30)31)32-21(22-11)25-20-23-15(12-4-6-13(7-5-12)18(28)29)9-16(24-20)26-8-2-3-14(27)10-26/h4-7,9,14,27H,2-3,8,10H2,1H3,(H,28,29)(H,30,31)(H,22,23,24,25)/t14-/m1/s1. The highest BCUT2D eigenvalue weighted by atomic mass is 32.1. The van der Waals surface area contributed by atoms with E-state index in [1.54, 1.807) is 25.1 Å². The van der Waals surface area contributed by atoms with E-state index >= 15 is 0 Å². The Labute approximate surface area is 187 Å². The second-order valence-corrected chi connectivity index (χ2v) is 8.42. The number of rotatable bonds is 6. The number of aromatic nitrogens is 3. The summed E-state index contributed by atoms with van der Waals surface area (Å²) in [6, 6.07) is 8.12. The maximum atomic E-state index is 11.3. The van der Waals surface area contributed by atoms with E-state index in [4.69, 9.17) is 5.11 Å². The van der Waals surface area contributed by atoms with E-state index in [2.05, 4.69) is 20.3 Å². The number of nitrogens with one attached hydrogen (secondary N) is 1. The van der Waals surface area contributed by atoms with E-state index in [1.807, 2.05) is 4.90 Å². The van der Waals surface area contributed by atoms with Crippen molar-refractivity contribution < 1.29 is 24.9 Å². The zero-order chi connectivity index (χ0) is 22.8. The van der Waals surface area contributed by atoms with Crippen LogP contribution < -0.4 is 10.2 Å². The number of carbonyl (C=O) groups is 2. The molecule has 10 nitrogen and oxygen atoms in total. The molecule has 4 rings (SSSR count). The molecule has 4 N–H and O–H groups in total. The topological polar surface area (TPSA) is 149 Å². The first kappa shape index (κ1) is 21.7. The number of carboxylic acid groups (broad SMARTS) is 2. The van der Waals surface area contributed by atoms with E-state index in [0.717, 1.165) is 30.7 Å². The van der Waals surface area contributed by atoms with Crippen molar-refractivity contribution in [3.8, 4) is 11.3 Å². The maximum Gasteiger partial charge on any atom is 0.347 e. The fraction of sp³-hybridized carbons (Fsp3) is 0.286. The van der Waals surface area contributed by atoms with Gasteiger partial charge in [0.2, 0.25) is 5.95 Å². The average Bonchev–Trinajstić information content (AvgIpc) is 3.13. The minimum atomic E-state index is -1.05. The van der Waals surface area contributed by atoms with Gasteiger partial charge in [-0.3, -0.25) is 5.32 Å². The van der Waals surface area contributed by atoms with Crippen LogP contribution in [0.15, 0.2) is 30.3 Å². The molecule has 0 bridgehead atoms. The van der Waals surface area contributed by atoms with Gasteiger partial charge < -0.3 is 20.2 Å². The van der Waals surface area contributed by atoms with Gasteiger partial charge in [-0.2, -0.15) is 4.98 Å². The number of aromatic carboxylic acids is 2. The molecule has 1 saturated heterocycles. The van der Waals surface area contributed by atoms with Crippen molar-refractivity contribution in [2.24, 2.45) is 0 Å². The summed E-state index contributed by atoms with van der Waals surface area (Å²) in [7, 11) is 0. The first-order valence-electron chi connectivity index (χ1n) is 9.93. The number of anilines is 3. The van der Waals surface area contributed by atoms with Crippen molar-refractivity contribution in [2.45, 2.75) is 25.9 Å². The Morgan fingerprint density at radius 1 is 1.12 bits per heavy atom. The minimum Gasteiger partial charge on any atom is -0.478 e. The zero-order valence-corrected chi connectivity index (χ0v) is 18.0. The third-order valence-corrected chi connectivity index (χ3v) is 6.13. The van der Waals surface area contributed by atoms with E-state index in [1.165, 1.54) is 12.1 Å². The number of nitrogens with zero attached hydrogens (tertiary/aromatic N) is 4. The molecule has 1 aliphatic heterocycles. The molecule has 0 spiro atoms. The van der Waals surface area contributed by atoms with Gasteiger partial charge in [-0.1, -0.05) is 23.5 Å². The number of benzene rings is 1. The van der Waals surface area contributed by atoms with Gasteiger partial charge in [-0.15, -0.1) is 0 Å². The van der Waals surface area contributed by atoms with Crippen LogP contribution in [0.1, 0.15) is 38.6 Å². The number of piperidine rings is 1. The molecule has 32 heavy (non-hydrogen) atoms. The molecule has 1 aromatic carbocycles. The number of β-amino-alcohol motifs (C(OH)–C–C–N with tert-alkyl or cyclic N) is 1. The molecule has 1 aliphatic rings. The lowest BCUT2D eigenvalue weighted by Gasteiger charge is -2.31. The Hall–Kier alpha value is -3.57. The predicted octanol–water partition coefficient (Wildman–Crippen LogP) is 3.01. The fourth-order valence-corrected chi connectivity index (χ4v) is 4.29. The quantitative estimate of drug-likeness (QED) is 0.437. The molecule has 0 radical (unpaired) electrons. The van der Waals surface area contributed by atoms with Crippen LogP contribution in [0.2, 0.25) is 0 Å². The molecule has 2 aromatic heterocycles. The summed E-state index contributed by atoms with van der Waals surface area (Å²) in [6.45, 7) is 2.78. The van der Waals surface area contributed by atoms with Gasteiger partial charge in [-0.25, -0.2) is 19.6 Å².